The molecule has 1 unspecified atom stereocenters. The third-order valence-corrected chi connectivity index (χ3v) is 4.95. The van der Waals surface area contributed by atoms with Crippen LogP contribution >= 0.6 is 0 Å². The number of nitrogens with one attached hydrogen (secondary N) is 1. The van der Waals surface area contributed by atoms with Gasteiger partial charge in [-0.15, -0.1) is 0 Å². The maximum absolute atomic E-state index is 12.5. The SMILES string of the molecule is Nc1cc([S+]([O-])c2ccccc2)ccc1OCC(=O)Nc1ccccc1. The number of carbonyl (C=O) groups is 1. The summed E-state index contributed by atoms with van der Waals surface area (Å²) < 4.78 is 18.0. The number of nitrogens with two attached hydrogens (primary N) is 1. The molecule has 0 saturated carbocycles. The molecule has 26 heavy (non-hydrogen) atoms. The molecular weight excluding hydrogens is 348 g/mol. The van der Waals surface area contributed by atoms with Gasteiger partial charge in [0.05, 0.1) is 5.69 Å². The summed E-state index contributed by atoms with van der Waals surface area (Å²) in [5.41, 5.74) is 7.01. The van der Waals surface area contributed by atoms with Crippen LogP contribution in [-0.2, 0) is 16.0 Å². The summed E-state index contributed by atoms with van der Waals surface area (Å²) in [7, 11) is 0. The molecule has 0 aliphatic heterocycles. The highest BCUT2D eigenvalue weighted by molar-refractivity contribution is 7.91. The van der Waals surface area contributed by atoms with Gasteiger partial charge in [0.15, 0.2) is 16.4 Å². The fourth-order valence-corrected chi connectivity index (χ4v) is 3.42. The van der Waals surface area contributed by atoms with Crippen LogP contribution < -0.4 is 15.8 Å². The smallest absolute Gasteiger partial charge is 0.262 e. The number of hydrogen-bond donors (Lipinski definition) is 2. The Morgan fingerprint density at radius 3 is 2.27 bits per heavy atom. The van der Waals surface area contributed by atoms with Crippen molar-refractivity contribution in [2.75, 3.05) is 17.7 Å². The summed E-state index contributed by atoms with van der Waals surface area (Å²) in [4.78, 5) is 13.2. The molecule has 132 valence electrons. The predicted octanol–water partition coefficient (Wildman–Crippen LogP) is 3.45. The lowest BCUT2D eigenvalue weighted by atomic mass is 10.3. The average Bonchev–Trinajstić information content (AvgIpc) is 2.68. The summed E-state index contributed by atoms with van der Waals surface area (Å²) >= 11 is -1.32. The monoisotopic (exact) mass is 366 g/mol. The van der Waals surface area contributed by atoms with Crippen LogP contribution in [0, 0.1) is 0 Å². The molecule has 3 rings (SSSR count). The Labute approximate surface area is 155 Å². The number of para-hydroxylation sites is 1. The second kappa shape index (κ2) is 8.42. The minimum Gasteiger partial charge on any atom is -0.606 e. The van der Waals surface area contributed by atoms with E-state index in [1.807, 2.05) is 36.4 Å². The maximum atomic E-state index is 12.5. The van der Waals surface area contributed by atoms with Gasteiger partial charge in [-0.1, -0.05) is 36.4 Å². The second-order valence-electron chi connectivity index (χ2n) is 5.48. The maximum Gasteiger partial charge on any atom is 0.262 e. The first-order chi connectivity index (χ1) is 12.6. The topological polar surface area (TPSA) is 87.4 Å². The fourth-order valence-electron chi connectivity index (χ4n) is 2.32. The van der Waals surface area contributed by atoms with Crippen LogP contribution in [0.4, 0.5) is 11.4 Å². The molecule has 0 radical (unpaired) electrons. The van der Waals surface area contributed by atoms with E-state index in [4.69, 9.17) is 10.5 Å². The zero-order chi connectivity index (χ0) is 18.4. The van der Waals surface area contributed by atoms with E-state index in [2.05, 4.69) is 5.32 Å². The van der Waals surface area contributed by atoms with Gasteiger partial charge in [0.2, 0.25) is 0 Å². The number of nitrogen functional groups attached to an aromatic ring is 1. The molecule has 1 atom stereocenters. The number of rotatable bonds is 6. The van der Waals surface area contributed by atoms with Crippen molar-refractivity contribution in [3.05, 3.63) is 78.9 Å². The van der Waals surface area contributed by atoms with E-state index < -0.39 is 11.2 Å². The van der Waals surface area contributed by atoms with Gasteiger partial charge in [-0.3, -0.25) is 4.79 Å². The van der Waals surface area contributed by atoms with Crippen molar-refractivity contribution in [3.63, 3.8) is 0 Å². The van der Waals surface area contributed by atoms with Gasteiger partial charge < -0.3 is 20.3 Å². The Balaban J connectivity index is 1.62. The van der Waals surface area contributed by atoms with Gasteiger partial charge in [0.1, 0.15) is 5.75 Å². The third kappa shape index (κ3) is 4.56. The molecule has 0 saturated heterocycles. The van der Waals surface area contributed by atoms with Crippen molar-refractivity contribution in [2.24, 2.45) is 0 Å². The molecule has 0 fully saturated rings. The fraction of sp³-hybridized carbons (Fsp3) is 0.0500. The largest absolute Gasteiger partial charge is 0.606 e. The van der Waals surface area contributed by atoms with Gasteiger partial charge in [0, 0.05) is 22.9 Å². The third-order valence-electron chi connectivity index (χ3n) is 3.57. The Bertz CT molecular complexity index is 873. The first-order valence-electron chi connectivity index (χ1n) is 7.97. The molecule has 1 amide bonds. The minimum absolute atomic E-state index is 0.166. The number of hydrogen-bond acceptors (Lipinski definition) is 4. The van der Waals surface area contributed by atoms with E-state index in [0.29, 0.717) is 26.9 Å². The van der Waals surface area contributed by atoms with Crippen LogP contribution in [0.15, 0.2) is 88.7 Å². The number of ether oxygens (including phenoxy) is 1. The lowest BCUT2D eigenvalue weighted by Gasteiger charge is -2.13. The van der Waals surface area contributed by atoms with Crippen LogP contribution in [0.5, 0.6) is 5.75 Å². The summed E-state index contributed by atoms with van der Waals surface area (Å²) in [5, 5.41) is 2.73. The van der Waals surface area contributed by atoms with E-state index >= 15 is 0 Å². The van der Waals surface area contributed by atoms with E-state index in [9.17, 15) is 9.35 Å². The number of amides is 1. The first-order valence-corrected chi connectivity index (χ1v) is 9.12. The average molecular weight is 366 g/mol. The highest BCUT2D eigenvalue weighted by Crippen LogP contribution is 2.28. The number of benzene rings is 3. The van der Waals surface area contributed by atoms with Crippen LogP contribution in [-0.4, -0.2) is 17.1 Å². The summed E-state index contributed by atoms with van der Waals surface area (Å²) in [6, 6.07) is 23.2. The summed E-state index contributed by atoms with van der Waals surface area (Å²) in [5.74, 6) is 0.0922. The van der Waals surface area contributed by atoms with Crippen molar-refractivity contribution in [3.8, 4) is 5.75 Å². The molecule has 0 aromatic heterocycles. The van der Waals surface area contributed by atoms with E-state index in [0.717, 1.165) is 0 Å². The van der Waals surface area contributed by atoms with Crippen molar-refractivity contribution in [1.82, 2.24) is 0 Å². The van der Waals surface area contributed by atoms with E-state index in [-0.39, 0.29) is 12.5 Å². The zero-order valence-corrected chi connectivity index (χ0v) is 14.7. The van der Waals surface area contributed by atoms with Gasteiger partial charge in [-0.05, 0) is 36.4 Å². The molecule has 3 N–H and O–H groups in total. The lowest BCUT2D eigenvalue weighted by molar-refractivity contribution is -0.118. The molecular formula is C20H18N2O3S. The minimum atomic E-state index is -1.32. The molecule has 3 aromatic rings. The van der Waals surface area contributed by atoms with Crippen molar-refractivity contribution in [2.45, 2.75) is 9.79 Å². The Kier molecular flexibility index (Phi) is 5.78. The molecule has 3 aromatic carbocycles. The molecule has 0 bridgehead atoms. The van der Waals surface area contributed by atoms with Crippen molar-refractivity contribution < 1.29 is 14.1 Å². The van der Waals surface area contributed by atoms with Crippen LogP contribution in [0.3, 0.4) is 0 Å². The van der Waals surface area contributed by atoms with E-state index in [1.54, 1.807) is 42.5 Å². The van der Waals surface area contributed by atoms with Gasteiger partial charge in [-0.2, -0.15) is 0 Å². The van der Waals surface area contributed by atoms with Crippen molar-refractivity contribution in [1.29, 1.82) is 0 Å². The quantitative estimate of drug-likeness (QED) is 0.517. The van der Waals surface area contributed by atoms with Crippen LogP contribution in [0.1, 0.15) is 0 Å². The van der Waals surface area contributed by atoms with Gasteiger partial charge in [0.25, 0.3) is 5.91 Å². The molecule has 0 heterocycles. The van der Waals surface area contributed by atoms with Gasteiger partial charge in [-0.25, -0.2) is 0 Å². The molecule has 0 spiro atoms. The normalized spacial score (nSPS) is 11.6. The Morgan fingerprint density at radius 1 is 0.962 bits per heavy atom. The highest BCUT2D eigenvalue weighted by atomic mass is 32.2. The molecule has 0 aliphatic rings. The van der Waals surface area contributed by atoms with E-state index in [1.165, 1.54) is 0 Å². The summed E-state index contributed by atoms with van der Waals surface area (Å²) in [6.07, 6.45) is 0. The first kappa shape index (κ1) is 17.8. The summed E-state index contributed by atoms with van der Waals surface area (Å²) in [6.45, 7) is -0.166. The Morgan fingerprint density at radius 2 is 1.62 bits per heavy atom. The number of carbonyl (C=O) groups excluding carboxylic acids is 1. The van der Waals surface area contributed by atoms with Crippen LogP contribution in [0.25, 0.3) is 0 Å². The standard InChI is InChI=1S/C20H18N2O3S/c21-18-13-17(26(24)16-9-5-2-6-10-16)11-12-19(18)25-14-20(23)22-15-7-3-1-4-8-15/h1-13H,14,21H2,(H,22,23). The lowest BCUT2D eigenvalue weighted by Crippen LogP contribution is -2.20. The second-order valence-corrected chi connectivity index (χ2v) is 6.96. The van der Waals surface area contributed by atoms with Crippen LogP contribution in [0.2, 0.25) is 0 Å². The molecule has 6 heteroatoms. The van der Waals surface area contributed by atoms with Crippen molar-refractivity contribution >= 4 is 28.5 Å². The van der Waals surface area contributed by atoms with Gasteiger partial charge >= 0.3 is 0 Å². The highest BCUT2D eigenvalue weighted by Gasteiger charge is 2.16. The number of anilines is 2. The Hall–Kier alpha value is -2.96. The molecule has 0 aliphatic carbocycles. The predicted molar refractivity (Wildman–Crippen MR) is 103 cm³/mol. The molecule has 5 nitrogen and oxygen atoms in total. The zero-order valence-electron chi connectivity index (χ0n) is 13.9.